The van der Waals surface area contributed by atoms with Crippen LogP contribution in [0.4, 0.5) is 0 Å². The molecule has 0 aliphatic heterocycles. The van der Waals surface area contributed by atoms with Crippen LogP contribution in [0.15, 0.2) is 35.4 Å². The van der Waals surface area contributed by atoms with Crippen molar-refractivity contribution in [2.45, 2.75) is 0 Å². The van der Waals surface area contributed by atoms with E-state index < -0.39 is 12.6 Å². The van der Waals surface area contributed by atoms with E-state index in [4.69, 9.17) is 19.3 Å². The summed E-state index contributed by atoms with van der Waals surface area (Å²) in [7, 11) is 2.99. The number of methoxy groups -OCH3 is 2. The average molecular weight is 610 g/mol. The maximum Gasteiger partial charge on any atom is 0.341 e. The average Bonchev–Trinajstić information content (AvgIpc) is 2.66. The van der Waals surface area contributed by atoms with Gasteiger partial charge in [-0.15, -0.1) is 0 Å². The van der Waals surface area contributed by atoms with Crippen LogP contribution < -0.4 is 19.6 Å². The molecule has 28 heavy (non-hydrogen) atoms. The summed E-state index contributed by atoms with van der Waals surface area (Å²) in [5.41, 5.74) is 3.51. The summed E-state index contributed by atoms with van der Waals surface area (Å²) >= 11 is 4.12. The fourth-order valence-electron chi connectivity index (χ4n) is 2.12. The van der Waals surface area contributed by atoms with E-state index in [1.165, 1.54) is 20.4 Å². The molecule has 0 saturated heterocycles. The maximum absolute atomic E-state index is 12.2. The number of carbonyl (C=O) groups excluding carboxylic acids is 1. The zero-order chi connectivity index (χ0) is 20.7. The lowest BCUT2D eigenvalue weighted by Crippen LogP contribution is -2.17. The minimum atomic E-state index is -1.08. The molecule has 2 aromatic carbocycles. The number of rotatable bonds is 8. The fraction of sp³-hybridized carbons (Fsp3) is 0.167. The number of hydrazone groups is 1. The second kappa shape index (κ2) is 10.5. The highest BCUT2D eigenvalue weighted by Gasteiger charge is 2.13. The Bertz CT molecular complexity index is 917. The van der Waals surface area contributed by atoms with E-state index in [1.807, 2.05) is 22.6 Å². The molecule has 0 radical (unpaired) electrons. The third-order valence-electron chi connectivity index (χ3n) is 3.38. The zero-order valence-corrected chi connectivity index (χ0v) is 19.2. The van der Waals surface area contributed by atoms with Gasteiger partial charge in [-0.05, 0) is 81.1 Å². The van der Waals surface area contributed by atoms with Gasteiger partial charge in [-0.1, -0.05) is 0 Å². The number of amides is 1. The molecule has 0 aromatic heterocycles. The van der Waals surface area contributed by atoms with Crippen molar-refractivity contribution in [1.82, 2.24) is 5.43 Å². The Hall–Kier alpha value is -2.09. The Kier molecular flexibility index (Phi) is 8.29. The number of hydrogen-bond acceptors (Lipinski definition) is 6. The number of carboxylic acid groups (broad SMARTS) is 1. The number of benzene rings is 2. The van der Waals surface area contributed by atoms with Crippen LogP contribution in [-0.2, 0) is 4.79 Å². The summed E-state index contributed by atoms with van der Waals surface area (Å²) in [6, 6.07) is 8.44. The maximum atomic E-state index is 12.2. The predicted octanol–water partition coefficient (Wildman–Crippen LogP) is 3.14. The number of halogens is 2. The number of hydrogen-bond donors (Lipinski definition) is 2. The molecule has 2 aromatic rings. The first-order valence-electron chi connectivity index (χ1n) is 7.74. The Morgan fingerprint density at radius 1 is 1.11 bits per heavy atom. The van der Waals surface area contributed by atoms with Gasteiger partial charge in [0.2, 0.25) is 0 Å². The SMILES string of the molecule is COc1cc(C(=O)N/N=C\c2cc(I)c(OCC(=O)O)c(OC)c2)ccc1I. The van der Waals surface area contributed by atoms with E-state index in [0.29, 0.717) is 31.9 Å². The van der Waals surface area contributed by atoms with Gasteiger partial charge in [-0.3, -0.25) is 4.79 Å². The van der Waals surface area contributed by atoms with Crippen molar-refractivity contribution in [3.05, 3.63) is 48.6 Å². The largest absolute Gasteiger partial charge is 0.496 e. The molecule has 0 aliphatic rings. The molecule has 8 nitrogen and oxygen atoms in total. The fourth-order valence-corrected chi connectivity index (χ4v) is 3.46. The summed E-state index contributed by atoms with van der Waals surface area (Å²) < 4.78 is 17.2. The van der Waals surface area contributed by atoms with Crippen LogP contribution in [0.3, 0.4) is 0 Å². The highest BCUT2D eigenvalue weighted by molar-refractivity contribution is 14.1. The van der Waals surface area contributed by atoms with Gasteiger partial charge in [0.25, 0.3) is 5.91 Å². The third kappa shape index (κ3) is 5.95. The summed E-state index contributed by atoms with van der Waals surface area (Å²) in [4.78, 5) is 22.9. The lowest BCUT2D eigenvalue weighted by molar-refractivity contribution is -0.139. The standard InChI is InChI=1S/C18H16I2N2O6/c1-26-14-7-11(3-4-12(14)19)18(25)22-21-8-10-5-13(20)17(15(6-10)27-2)28-9-16(23)24/h3-8H,9H2,1-2H3,(H,22,25)(H,23,24)/b21-8-. The van der Waals surface area contributed by atoms with E-state index in [-0.39, 0.29) is 5.91 Å². The van der Waals surface area contributed by atoms with Crippen LogP contribution in [0.2, 0.25) is 0 Å². The molecule has 0 unspecified atom stereocenters. The normalized spacial score (nSPS) is 10.6. The quantitative estimate of drug-likeness (QED) is 0.271. The topological polar surface area (TPSA) is 106 Å². The Morgan fingerprint density at radius 3 is 2.46 bits per heavy atom. The van der Waals surface area contributed by atoms with Crippen LogP contribution in [0.5, 0.6) is 17.2 Å². The number of nitrogens with zero attached hydrogens (tertiary/aromatic N) is 1. The molecular formula is C18H16I2N2O6. The Morgan fingerprint density at radius 2 is 1.82 bits per heavy atom. The van der Waals surface area contributed by atoms with Crippen molar-refractivity contribution >= 4 is 63.3 Å². The molecule has 0 spiro atoms. The number of carbonyl (C=O) groups is 2. The third-order valence-corrected chi connectivity index (χ3v) is 5.08. The molecular weight excluding hydrogens is 594 g/mol. The molecule has 0 fully saturated rings. The molecule has 10 heteroatoms. The van der Waals surface area contributed by atoms with Gasteiger partial charge in [-0.2, -0.15) is 5.10 Å². The minimum Gasteiger partial charge on any atom is -0.496 e. The van der Waals surface area contributed by atoms with Gasteiger partial charge in [0.1, 0.15) is 5.75 Å². The number of carboxylic acids is 1. The number of nitrogens with one attached hydrogen (secondary N) is 1. The summed E-state index contributed by atoms with van der Waals surface area (Å²) in [6.45, 7) is -0.477. The molecule has 0 heterocycles. The van der Waals surface area contributed by atoms with Crippen LogP contribution in [0.25, 0.3) is 0 Å². The zero-order valence-electron chi connectivity index (χ0n) is 14.9. The number of aliphatic carboxylic acids is 1. The lowest BCUT2D eigenvalue weighted by Gasteiger charge is -2.12. The van der Waals surface area contributed by atoms with E-state index in [0.717, 1.165) is 3.57 Å². The second-order valence-electron chi connectivity index (χ2n) is 5.26. The smallest absolute Gasteiger partial charge is 0.341 e. The highest BCUT2D eigenvalue weighted by atomic mass is 127. The lowest BCUT2D eigenvalue weighted by atomic mass is 10.2. The van der Waals surface area contributed by atoms with E-state index in [2.05, 4.69) is 33.1 Å². The van der Waals surface area contributed by atoms with Crippen molar-refractivity contribution in [2.24, 2.45) is 5.10 Å². The van der Waals surface area contributed by atoms with Crippen molar-refractivity contribution in [3.8, 4) is 17.2 Å². The molecule has 0 aliphatic carbocycles. The summed E-state index contributed by atoms with van der Waals surface area (Å²) in [5.74, 6) is -0.165. The van der Waals surface area contributed by atoms with Crippen molar-refractivity contribution in [1.29, 1.82) is 0 Å². The number of ether oxygens (including phenoxy) is 3. The Balaban J connectivity index is 2.12. The van der Waals surface area contributed by atoms with Gasteiger partial charge in [0.15, 0.2) is 18.1 Å². The highest BCUT2D eigenvalue weighted by Crippen LogP contribution is 2.33. The van der Waals surface area contributed by atoms with Crippen LogP contribution in [0.1, 0.15) is 15.9 Å². The summed E-state index contributed by atoms with van der Waals surface area (Å²) in [5, 5.41) is 12.7. The molecule has 1 amide bonds. The first-order valence-corrected chi connectivity index (χ1v) is 9.90. The van der Waals surface area contributed by atoms with Crippen molar-refractivity contribution in [2.75, 3.05) is 20.8 Å². The van der Waals surface area contributed by atoms with Crippen molar-refractivity contribution in [3.63, 3.8) is 0 Å². The van der Waals surface area contributed by atoms with Crippen LogP contribution >= 0.6 is 45.2 Å². The first kappa shape index (κ1) is 22.2. The predicted molar refractivity (Wildman–Crippen MR) is 120 cm³/mol. The van der Waals surface area contributed by atoms with E-state index in [9.17, 15) is 9.59 Å². The molecule has 0 bridgehead atoms. The van der Waals surface area contributed by atoms with Gasteiger partial charge in [0, 0.05) is 5.56 Å². The van der Waals surface area contributed by atoms with Gasteiger partial charge in [0.05, 0.1) is 27.6 Å². The monoisotopic (exact) mass is 610 g/mol. The second-order valence-corrected chi connectivity index (χ2v) is 7.59. The van der Waals surface area contributed by atoms with Gasteiger partial charge >= 0.3 is 5.97 Å². The first-order chi connectivity index (χ1) is 13.3. The van der Waals surface area contributed by atoms with Crippen LogP contribution in [-0.4, -0.2) is 44.0 Å². The van der Waals surface area contributed by atoms with Gasteiger partial charge in [-0.25, -0.2) is 10.2 Å². The summed E-state index contributed by atoms with van der Waals surface area (Å²) in [6.07, 6.45) is 1.45. The van der Waals surface area contributed by atoms with Crippen molar-refractivity contribution < 1.29 is 28.9 Å². The van der Waals surface area contributed by atoms with E-state index >= 15 is 0 Å². The molecule has 148 valence electrons. The Labute approximate surface area is 188 Å². The molecule has 0 saturated carbocycles. The molecule has 0 atom stereocenters. The van der Waals surface area contributed by atoms with E-state index in [1.54, 1.807) is 30.3 Å². The minimum absolute atomic E-state index is 0.331. The molecule has 2 N–H and O–H groups in total. The van der Waals surface area contributed by atoms with Crippen LogP contribution in [0, 0.1) is 7.14 Å². The van der Waals surface area contributed by atoms with Gasteiger partial charge < -0.3 is 19.3 Å². The molecule has 2 rings (SSSR count).